The third kappa shape index (κ3) is 3.67. The Kier molecular flexibility index (Phi) is 4.84. The van der Waals surface area contributed by atoms with Crippen LogP contribution >= 0.6 is 0 Å². The highest BCUT2D eigenvalue weighted by atomic mass is 19.1. The van der Waals surface area contributed by atoms with Crippen LogP contribution in [0.3, 0.4) is 0 Å². The quantitative estimate of drug-likeness (QED) is 0.354. The van der Waals surface area contributed by atoms with E-state index in [0.29, 0.717) is 11.3 Å². The van der Waals surface area contributed by atoms with Crippen molar-refractivity contribution < 1.29 is 14.6 Å². The Balaban J connectivity index is 2.73. The van der Waals surface area contributed by atoms with Gasteiger partial charge >= 0.3 is 0 Å². The van der Waals surface area contributed by atoms with Gasteiger partial charge in [0.1, 0.15) is 6.10 Å². The van der Waals surface area contributed by atoms with E-state index >= 15 is 0 Å². The normalized spacial score (nSPS) is 13.9. The van der Waals surface area contributed by atoms with Crippen molar-refractivity contribution in [2.45, 2.75) is 25.6 Å². The van der Waals surface area contributed by atoms with Gasteiger partial charge in [-0.25, -0.2) is 4.98 Å². The first kappa shape index (κ1) is 13.4. The Morgan fingerprint density at radius 3 is 2.82 bits per heavy atom. The van der Waals surface area contributed by atoms with Crippen molar-refractivity contribution in [3.63, 3.8) is 0 Å². The third-order valence-electron chi connectivity index (χ3n) is 2.36. The van der Waals surface area contributed by atoms with Crippen molar-refractivity contribution in [2.75, 3.05) is 6.54 Å². The van der Waals surface area contributed by atoms with Crippen molar-refractivity contribution in [2.24, 2.45) is 5.11 Å². The second-order valence-corrected chi connectivity index (χ2v) is 3.56. The summed E-state index contributed by atoms with van der Waals surface area (Å²) in [5.74, 6) is -0.637. The van der Waals surface area contributed by atoms with Crippen molar-refractivity contribution in [3.05, 3.63) is 39.8 Å². The second-order valence-electron chi connectivity index (χ2n) is 3.56. The van der Waals surface area contributed by atoms with Gasteiger partial charge in [0.2, 0.25) is 5.95 Å². The zero-order valence-electron chi connectivity index (χ0n) is 9.28. The molecule has 0 radical (unpaired) electrons. The minimum absolute atomic E-state index is 0.0857. The molecule has 6 nitrogen and oxygen atoms in total. The van der Waals surface area contributed by atoms with E-state index in [-0.39, 0.29) is 13.0 Å². The topological polar surface area (TPSA) is 102 Å². The van der Waals surface area contributed by atoms with Crippen LogP contribution in [0.25, 0.3) is 10.4 Å². The molecule has 1 heterocycles. The lowest BCUT2D eigenvalue weighted by molar-refractivity contribution is 0.0143. The number of aromatic nitrogens is 1. The van der Waals surface area contributed by atoms with Crippen LogP contribution < -0.4 is 0 Å². The number of rotatable bonds is 5. The average molecular weight is 240 g/mol. The van der Waals surface area contributed by atoms with Gasteiger partial charge in [0.25, 0.3) is 0 Å². The highest BCUT2D eigenvalue weighted by Crippen LogP contribution is 2.21. The van der Waals surface area contributed by atoms with Gasteiger partial charge in [0, 0.05) is 22.7 Å². The van der Waals surface area contributed by atoms with Crippen LogP contribution in [0.15, 0.2) is 17.2 Å². The van der Waals surface area contributed by atoms with E-state index < -0.39 is 18.2 Å². The van der Waals surface area contributed by atoms with E-state index in [4.69, 9.17) is 5.53 Å². The fourth-order valence-corrected chi connectivity index (χ4v) is 1.45. The zero-order valence-corrected chi connectivity index (χ0v) is 9.28. The summed E-state index contributed by atoms with van der Waals surface area (Å²) in [6, 6.07) is 2.49. The standard InChI is InChI=1S/C10H13FN4O2/c1-6-7(2-3-9(11)14-6)10(17)8(16)4-5-13-15-12/h2-3,8,10,16-17H,4-5H2,1H3. The second kappa shape index (κ2) is 6.15. The molecule has 1 rings (SSSR count). The van der Waals surface area contributed by atoms with Gasteiger partial charge in [-0.1, -0.05) is 5.11 Å². The molecule has 0 aliphatic heterocycles. The molecule has 0 spiro atoms. The highest BCUT2D eigenvalue weighted by molar-refractivity contribution is 5.22. The van der Waals surface area contributed by atoms with Gasteiger partial charge in [0.05, 0.1) is 6.10 Å². The largest absolute Gasteiger partial charge is 0.390 e. The number of pyridine rings is 1. The predicted octanol–water partition coefficient (Wildman–Crippen LogP) is 1.62. The number of halogens is 1. The number of hydrogen-bond acceptors (Lipinski definition) is 4. The van der Waals surface area contributed by atoms with E-state index in [0.717, 1.165) is 6.07 Å². The van der Waals surface area contributed by atoms with Gasteiger partial charge in [0.15, 0.2) is 0 Å². The van der Waals surface area contributed by atoms with E-state index in [1.165, 1.54) is 6.07 Å². The summed E-state index contributed by atoms with van der Waals surface area (Å²) in [7, 11) is 0. The Bertz CT molecular complexity index is 434. The number of nitrogens with zero attached hydrogens (tertiary/aromatic N) is 4. The zero-order chi connectivity index (χ0) is 12.8. The lowest BCUT2D eigenvalue weighted by Crippen LogP contribution is -2.20. The van der Waals surface area contributed by atoms with Crippen molar-refractivity contribution >= 4 is 0 Å². The van der Waals surface area contributed by atoms with Gasteiger partial charge < -0.3 is 10.2 Å². The maximum absolute atomic E-state index is 12.8. The van der Waals surface area contributed by atoms with E-state index in [9.17, 15) is 14.6 Å². The lowest BCUT2D eigenvalue weighted by atomic mass is 10.0. The molecule has 0 aromatic carbocycles. The molecule has 2 atom stereocenters. The smallest absolute Gasteiger partial charge is 0.213 e. The molecule has 17 heavy (non-hydrogen) atoms. The molecule has 0 saturated carbocycles. The molecule has 0 bridgehead atoms. The molecular formula is C10H13FN4O2. The van der Waals surface area contributed by atoms with Crippen LogP contribution in [0.4, 0.5) is 4.39 Å². The number of aliphatic hydroxyl groups is 2. The monoisotopic (exact) mass is 240 g/mol. The van der Waals surface area contributed by atoms with Gasteiger partial charge in [-0.05, 0) is 31.0 Å². The summed E-state index contributed by atoms with van der Waals surface area (Å²) in [6.07, 6.45) is -2.12. The van der Waals surface area contributed by atoms with Crippen LogP contribution in [0, 0.1) is 12.9 Å². The molecular weight excluding hydrogens is 227 g/mol. The first-order valence-electron chi connectivity index (χ1n) is 5.06. The van der Waals surface area contributed by atoms with Crippen molar-refractivity contribution in [1.82, 2.24) is 4.98 Å². The molecule has 0 aliphatic carbocycles. The molecule has 2 unspecified atom stereocenters. The average Bonchev–Trinajstić information content (AvgIpc) is 2.28. The molecule has 1 aromatic rings. The minimum atomic E-state index is -1.17. The van der Waals surface area contributed by atoms with Gasteiger partial charge in [-0.3, -0.25) is 0 Å². The molecule has 92 valence electrons. The number of aliphatic hydroxyl groups excluding tert-OH is 2. The molecule has 0 fully saturated rings. The van der Waals surface area contributed by atoms with Gasteiger partial charge in [-0.15, -0.1) is 0 Å². The lowest BCUT2D eigenvalue weighted by Gasteiger charge is -2.18. The van der Waals surface area contributed by atoms with E-state index in [2.05, 4.69) is 15.0 Å². The predicted molar refractivity (Wildman–Crippen MR) is 58.5 cm³/mol. The number of hydrogen-bond donors (Lipinski definition) is 2. The Morgan fingerprint density at radius 1 is 1.53 bits per heavy atom. The Hall–Kier alpha value is -1.69. The fraction of sp³-hybridized carbons (Fsp3) is 0.500. The van der Waals surface area contributed by atoms with Crippen LogP contribution in [0.5, 0.6) is 0 Å². The first-order chi connectivity index (χ1) is 8.06. The van der Waals surface area contributed by atoms with Crippen molar-refractivity contribution in [3.8, 4) is 0 Å². The molecule has 7 heteroatoms. The summed E-state index contributed by atoms with van der Waals surface area (Å²) in [4.78, 5) is 6.09. The van der Waals surface area contributed by atoms with Crippen LogP contribution in [0.1, 0.15) is 23.8 Å². The van der Waals surface area contributed by atoms with Gasteiger partial charge in [-0.2, -0.15) is 4.39 Å². The van der Waals surface area contributed by atoms with Crippen LogP contribution in [-0.2, 0) is 0 Å². The van der Waals surface area contributed by atoms with Crippen LogP contribution in [0.2, 0.25) is 0 Å². The summed E-state index contributed by atoms with van der Waals surface area (Å²) in [5.41, 5.74) is 8.75. The third-order valence-corrected chi connectivity index (χ3v) is 2.36. The van der Waals surface area contributed by atoms with Crippen LogP contribution in [-0.4, -0.2) is 27.8 Å². The summed E-state index contributed by atoms with van der Waals surface area (Å²) in [6.45, 7) is 1.63. The number of aryl methyl sites for hydroxylation is 1. The maximum Gasteiger partial charge on any atom is 0.213 e. The molecule has 0 amide bonds. The molecule has 1 aromatic heterocycles. The minimum Gasteiger partial charge on any atom is -0.390 e. The first-order valence-corrected chi connectivity index (χ1v) is 5.06. The molecule has 2 N–H and O–H groups in total. The molecule has 0 aliphatic rings. The fourth-order valence-electron chi connectivity index (χ4n) is 1.45. The Morgan fingerprint density at radius 2 is 2.24 bits per heavy atom. The summed E-state index contributed by atoms with van der Waals surface area (Å²) in [5, 5.41) is 22.7. The highest BCUT2D eigenvalue weighted by Gasteiger charge is 2.20. The summed E-state index contributed by atoms with van der Waals surface area (Å²) >= 11 is 0. The van der Waals surface area contributed by atoms with Crippen molar-refractivity contribution in [1.29, 1.82) is 0 Å². The SMILES string of the molecule is Cc1nc(F)ccc1C(O)C(O)CCN=[N+]=[N-]. The molecule has 0 saturated heterocycles. The summed E-state index contributed by atoms with van der Waals surface area (Å²) < 4.78 is 12.8. The van der Waals surface area contributed by atoms with E-state index in [1.807, 2.05) is 0 Å². The Labute approximate surface area is 97.4 Å². The number of azide groups is 1. The maximum atomic E-state index is 12.8. The van der Waals surface area contributed by atoms with E-state index in [1.54, 1.807) is 6.92 Å².